The molecule has 126 valence electrons. The Morgan fingerprint density at radius 2 is 1.58 bits per heavy atom. The quantitative estimate of drug-likeness (QED) is 0.604. The van der Waals surface area contributed by atoms with Crippen LogP contribution in [0.1, 0.15) is 10.4 Å². The molecule has 4 rings (SSSR count). The van der Waals surface area contributed by atoms with E-state index < -0.39 is 5.91 Å². The number of ether oxygens (including phenoxy) is 1. The number of hydrogen-bond acceptors (Lipinski definition) is 4. The molecule has 0 aliphatic carbocycles. The zero-order valence-electron chi connectivity index (χ0n) is 13.8. The number of rotatable bonds is 4. The van der Waals surface area contributed by atoms with E-state index in [0.717, 1.165) is 22.2 Å². The molecule has 0 saturated carbocycles. The van der Waals surface area contributed by atoms with Gasteiger partial charge in [0.1, 0.15) is 11.5 Å². The monoisotopic (exact) mass is 341 g/mol. The van der Waals surface area contributed by atoms with Gasteiger partial charge in [-0.15, -0.1) is 0 Å². The van der Waals surface area contributed by atoms with Crippen LogP contribution < -0.4 is 10.5 Å². The standard InChI is InChI=1S/C21H15N3O2/c22-21(25)18-7-2-1-6-17(18)14-4-3-5-15(12-14)26-16-8-9-19-20(13-16)24-11-10-23-19/h1-13H,(H2,22,25). The first-order valence-corrected chi connectivity index (χ1v) is 8.08. The van der Waals surface area contributed by atoms with Gasteiger partial charge in [0.05, 0.1) is 11.0 Å². The molecule has 2 N–H and O–H groups in total. The Kier molecular flexibility index (Phi) is 4.03. The summed E-state index contributed by atoms with van der Waals surface area (Å²) in [5.41, 5.74) is 9.17. The van der Waals surface area contributed by atoms with E-state index in [2.05, 4.69) is 9.97 Å². The minimum absolute atomic E-state index is 0.458. The smallest absolute Gasteiger partial charge is 0.249 e. The number of hydrogen-bond donors (Lipinski definition) is 1. The van der Waals surface area contributed by atoms with Gasteiger partial charge in [-0.05, 0) is 41.5 Å². The van der Waals surface area contributed by atoms with Crippen molar-refractivity contribution < 1.29 is 9.53 Å². The van der Waals surface area contributed by atoms with Gasteiger partial charge in [0.15, 0.2) is 0 Å². The highest BCUT2D eigenvalue weighted by Crippen LogP contribution is 2.30. The average Bonchev–Trinajstić information content (AvgIpc) is 2.68. The Bertz CT molecular complexity index is 1110. The van der Waals surface area contributed by atoms with Crippen LogP contribution in [0, 0.1) is 0 Å². The molecular weight excluding hydrogens is 326 g/mol. The van der Waals surface area contributed by atoms with E-state index in [1.54, 1.807) is 24.5 Å². The lowest BCUT2D eigenvalue weighted by atomic mass is 9.99. The van der Waals surface area contributed by atoms with Gasteiger partial charge >= 0.3 is 0 Å². The van der Waals surface area contributed by atoms with E-state index in [1.165, 1.54) is 0 Å². The van der Waals surface area contributed by atoms with Crippen molar-refractivity contribution in [1.29, 1.82) is 0 Å². The summed E-state index contributed by atoms with van der Waals surface area (Å²) >= 11 is 0. The molecular formula is C21H15N3O2. The number of nitrogens with zero attached hydrogens (tertiary/aromatic N) is 2. The lowest BCUT2D eigenvalue weighted by Crippen LogP contribution is -2.12. The zero-order valence-corrected chi connectivity index (χ0v) is 13.8. The highest BCUT2D eigenvalue weighted by Gasteiger charge is 2.10. The number of nitrogens with two attached hydrogens (primary N) is 1. The predicted octanol–water partition coefficient (Wildman–Crippen LogP) is 4.19. The van der Waals surface area contributed by atoms with E-state index >= 15 is 0 Å². The van der Waals surface area contributed by atoms with Crippen LogP contribution in [-0.2, 0) is 0 Å². The summed E-state index contributed by atoms with van der Waals surface area (Å²) in [4.78, 5) is 20.2. The molecule has 0 radical (unpaired) electrons. The average molecular weight is 341 g/mol. The SMILES string of the molecule is NC(=O)c1ccccc1-c1cccc(Oc2ccc3nccnc3c2)c1. The van der Waals surface area contributed by atoms with E-state index in [0.29, 0.717) is 17.1 Å². The summed E-state index contributed by atoms with van der Waals surface area (Å²) in [6, 6.07) is 20.3. The van der Waals surface area contributed by atoms with Crippen LogP contribution >= 0.6 is 0 Å². The third-order valence-corrected chi connectivity index (χ3v) is 4.01. The molecule has 0 spiro atoms. The van der Waals surface area contributed by atoms with Crippen molar-refractivity contribution in [3.8, 4) is 22.6 Å². The van der Waals surface area contributed by atoms with Crippen molar-refractivity contribution in [1.82, 2.24) is 9.97 Å². The van der Waals surface area contributed by atoms with Crippen LogP contribution in [0.5, 0.6) is 11.5 Å². The van der Waals surface area contributed by atoms with Gasteiger partial charge < -0.3 is 10.5 Å². The Morgan fingerprint density at radius 3 is 2.42 bits per heavy atom. The van der Waals surface area contributed by atoms with Crippen molar-refractivity contribution in [2.45, 2.75) is 0 Å². The fourth-order valence-electron chi connectivity index (χ4n) is 2.82. The van der Waals surface area contributed by atoms with Crippen molar-refractivity contribution >= 4 is 16.9 Å². The molecule has 1 heterocycles. The van der Waals surface area contributed by atoms with Gasteiger partial charge in [-0.3, -0.25) is 14.8 Å². The van der Waals surface area contributed by atoms with Crippen LogP contribution in [0.25, 0.3) is 22.2 Å². The van der Waals surface area contributed by atoms with Crippen LogP contribution in [0.3, 0.4) is 0 Å². The van der Waals surface area contributed by atoms with Crippen LogP contribution in [0.4, 0.5) is 0 Å². The topological polar surface area (TPSA) is 78.1 Å². The molecule has 1 amide bonds. The summed E-state index contributed by atoms with van der Waals surface area (Å²) in [6.07, 6.45) is 3.30. The first-order chi connectivity index (χ1) is 12.7. The third kappa shape index (κ3) is 3.10. The van der Waals surface area contributed by atoms with Gasteiger partial charge in [0, 0.05) is 24.0 Å². The Morgan fingerprint density at radius 1 is 0.808 bits per heavy atom. The number of primary amides is 1. The molecule has 0 atom stereocenters. The van der Waals surface area contributed by atoms with E-state index in [9.17, 15) is 4.79 Å². The van der Waals surface area contributed by atoms with Gasteiger partial charge in [0.25, 0.3) is 0 Å². The molecule has 4 aromatic rings. The second kappa shape index (κ2) is 6.64. The number of carbonyl (C=O) groups excluding carboxylic acids is 1. The maximum absolute atomic E-state index is 11.7. The normalized spacial score (nSPS) is 10.6. The Labute approximate surface area is 150 Å². The van der Waals surface area contributed by atoms with Crippen molar-refractivity contribution in [3.63, 3.8) is 0 Å². The molecule has 0 bridgehead atoms. The molecule has 5 nitrogen and oxygen atoms in total. The molecule has 0 fully saturated rings. The first-order valence-electron chi connectivity index (χ1n) is 8.08. The van der Waals surface area contributed by atoms with Crippen molar-refractivity contribution in [2.24, 2.45) is 5.73 Å². The van der Waals surface area contributed by atoms with Gasteiger partial charge in [-0.1, -0.05) is 30.3 Å². The Balaban J connectivity index is 1.68. The predicted molar refractivity (Wildman–Crippen MR) is 100 cm³/mol. The minimum atomic E-state index is -0.458. The van der Waals surface area contributed by atoms with Gasteiger partial charge in [-0.25, -0.2) is 0 Å². The molecule has 0 saturated heterocycles. The summed E-state index contributed by atoms with van der Waals surface area (Å²) in [7, 11) is 0. The van der Waals surface area contributed by atoms with Crippen molar-refractivity contribution in [2.75, 3.05) is 0 Å². The van der Waals surface area contributed by atoms with E-state index in [4.69, 9.17) is 10.5 Å². The number of benzene rings is 3. The van der Waals surface area contributed by atoms with Crippen molar-refractivity contribution in [3.05, 3.63) is 84.7 Å². The third-order valence-electron chi connectivity index (χ3n) is 4.01. The molecule has 0 aliphatic rings. The summed E-state index contributed by atoms with van der Waals surface area (Å²) in [6.45, 7) is 0. The Hall–Kier alpha value is -3.73. The first kappa shape index (κ1) is 15.8. The fraction of sp³-hybridized carbons (Fsp3) is 0. The molecule has 0 unspecified atom stereocenters. The zero-order chi connectivity index (χ0) is 17.9. The maximum Gasteiger partial charge on any atom is 0.249 e. The second-order valence-electron chi connectivity index (χ2n) is 5.75. The van der Waals surface area contributed by atoms with Gasteiger partial charge in [-0.2, -0.15) is 0 Å². The summed E-state index contributed by atoms with van der Waals surface area (Å²) < 4.78 is 5.97. The largest absolute Gasteiger partial charge is 0.457 e. The van der Waals surface area contributed by atoms with Crippen LogP contribution in [0.15, 0.2) is 79.1 Å². The second-order valence-corrected chi connectivity index (χ2v) is 5.75. The number of aromatic nitrogens is 2. The molecule has 26 heavy (non-hydrogen) atoms. The van der Waals surface area contributed by atoms with E-state index in [-0.39, 0.29) is 0 Å². The van der Waals surface area contributed by atoms with E-state index in [1.807, 2.05) is 54.6 Å². The number of amides is 1. The maximum atomic E-state index is 11.7. The molecule has 5 heteroatoms. The lowest BCUT2D eigenvalue weighted by Gasteiger charge is -2.10. The van der Waals surface area contributed by atoms with Gasteiger partial charge in [0.2, 0.25) is 5.91 Å². The summed E-state index contributed by atoms with van der Waals surface area (Å²) in [5, 5.41) is 0. The fourth-order valence-corrected chi connectivity index (χ4v) is 2.82. The molecule has 1 aromatic heterocycles. The molecule has 0 aliphatic heterocycles. The highest BCUT2D eigenvalue weighted by atomic mass is 16.5. The van der Waals surface area contributed by atoms with Crippen LogP contribution in [-0.4, -0.2) is 15.9 Å². The molecule has 3 aromatic carbocycles. The summed E-state index contributed by atoms with van der Waals surface area (Å²) in [5.74, 6) is 0.864. The lowest BCUT2D eigenvalue weighted by molar-refractivity contribution is 0.100. The minimum Gasteiger partial charge on any atom is -0.457 e. The highest BCUT2D eigenvalue weighted by molar-refractivity contribution is 5.99. The number of fused-ring (bicyclic) bond motifs is 1. The number of carbonyl (C=O) groups is 1. The van der Waals surface area contributed by atoms with Crippen LogP contribution in [0.2, 0.25) is 0 Å².